The number of aromatic nitrogens is 4. The highest BCUT2D eigenvalue weighted by molar-refractivity contribution is 6.01. The number of benzene rings is 1. The average molecular weight is 328 g/mol. The van der Waals surface area contributed by atoms with Gasteiger partial charge in [-0.25, -0.2) is 9.78 Å². The lowest BCUT2D eigenvalue weighted by molar-refractivity contribution is 0.158. The summed E-state index contributed by atoms with van der Waals surface area (Å²) in [4.78, 5) is 31.0. The highest BCUT2D eigenvalue weighted by atomic mass is 16.5. The number of hydrogen-bond acceptors (Lipinski definition) is 7. The molecule has 4 aromatic rings. The van der Waals surface area contributed by atoms with Gasteiger partial charge in [0, 0.05) is 12.5 Å². The number of hydrogen-bond donors (Lipinski definition) is 1. The first kappa shape index (κ1) is 14.4. The van der Waals surface area contributed by atoms with E-state index in [4.69, 9.17) is 13.6 Å². The molecule has 9 heteroatoms. The van der Waals surface area contributed by atoms with E-state index in [1.807, 2.05) is 18.2 Å². The van der Waals surface area contributed by atoms with Crippen LogP contribution < -0.4 is 11.3 Å². The zero-order chi connectivity index (χ0) is 16.7. The summed E-state index contributed by atoms with van der Waals surface area (Å²) < 4.78 is 16.4. The van der Waals surface area contributed by atoms with Gasteiger partial charge in [-0.05, 0) is 12.1 Å². The van der Waals surface area contributed by atoms with Crippen molar-refractivity contribution in [1.29, 1.82) is 0 Å². The average Bonchev–Trinajstić information content (AvgIpc) is 3.09. The minimum absolute atomic E-state index is 0.0310. The first-order chi connectivity index (χ1) is 11.7. The van der Waals surface area contributed by atoms with Gasteiger partial charge in [0.15, 0.2) is 0 Å². The van der Waals surface area contributed by atoms with Crippen molar-refractivity contribution in [2.45, 2.75) is 13.2 Å². The normalized spacial score (nSPS) is 11.5. The molecule has 9 nitrogen and oxygen atoms in total. The van der Waals surface area contributed by atoms with Crippen molar-refractivity contribution in [2.24, 2.45) is 0 Å². The Labute approximate surface area is 133 Å². The van der Waals surface area contributed by atoms with Crippen molar-refractivity contribution in [1.82, 2.24) is 19.7 Å². The van der Waals surface area contributed by atoms with E-state index in [0.29, 0.717) is 11.1 Å². The van der Waals surface area contributed by atoms with E-state index < -0.39 is 11.3 Å². The first-order valence-electron chi connectivity index (χ1n) is 7.12. The van der Waals surface area contributed by atoms with Crippen LogP contribution in [0.1, 0.15) is 11.7 Å². The highest BCUT2D eigenvalue weighted by Crippen LogP contribution is 2.24. The molecule has 0 bridgehead atoms. The standard InChI is InChI=1S/C15H12N4O5/c1-22-7-11-18-19(15(21)24-11)6-10-16-12-8-4-2-3-5-9(8)23-13(12)14(20)17-10/h2-5H,6-7H2,1H3,(H,16,17,20). The Bertz CT molecular complexity index is 1150. The van der Waals surface area contributed by atoms with Crippen molar-refractivity contribution in [3.05, 3.63) is 56.9 Å². The second kappa shape index (κ2) is 5.46. The van der Waals surface area contributed by atoms with Crippen LogP contribution in [0.15, 0.2) is 42.7 Å². The fourth-order valence-electron chi connectivity index (χ4n) is 2.50. The summed E-state index contributed by atoms with van der Waals surface area (Å²) in [6.45, 7) is 0.0499. The van der Waals surface area contributed by atoms with E-state index in [2.05, 4.69) is 15.1 Å². The number of furan rings is 1. The molecular formula is C15H12N4O5. The van der Waals surface area contributed by atoms with Crippen LogP contribution in [0.5, 0.6) is 0 Å². The third kappa shape index (κ3) is 2.31. The molecule has 0 atom stereocenters. The van der Waals surface area contributed by atoms with Gasteiger partial charge in [-0.3, -0.25) is 4.79 Å². The largest absolute Gasteiger partial charge is 0.449 e. The molecule has 24 heavy (non-hydrogen) atoms. The quantitative estimate of drug-likeness (QED) is 0.594. The smallest absolute Gasteiger partial charge is 0.437 e. The molecule has 0 saturated heterocycles. The third-order valence-electron chi connectivity index (χ3n) is 3.50. The molecule has 0 spiro atoms. The number of para-hydroxylation sites is 1. The molecular weight excluding hydrogens is 316 g/mol. The van der Waals surface area contributed by atoms with Crippen LogP contribution in [0.4, 0.5) is 0 Å². The highest BCUT2D eigenvalue weighted by Gasteiger charge is 2.15. The fraction of sp³-hybridized carbons (Fsp3) is 0.200. The minimum Gasteiger partial charge on any atom is -0.449 e. The first-order valence-corrected chi connectivity index (χ1v) is 7.12. The molecule has 4 rings (SSSR count). The van der Waals surface area contributed by atoms with Gasteiger partial charge in [0.05, 0.1) is 0 Å². The van der Waals surface area contributed by atoms with Crippen LogP contribution in [0, 0.1) is 0 Å². The van der Waals surface area contributed by atoms with Gasteiger partial charge < -0.3 is 18.6 Å². The number of aromatic amines is 1. The minimum atomic E-state index is -0.651. The van der Waals surface area contributed by atoms with E-state index in [-0.39, 0.29) is 30.4 Å². The molecule has 0 aliphatic heterocycles. The molecule has 0 amide bonds. The second-order valence-electron chi connectivity index (χ2n) is 5.14. The van der Waals surface area contributed by atoms with Crippen LogP contribution in [-0.4, -0.2) is 26.9 Å². The summed E-state index contributed by atoms with van der Waals surface area (Å²) in [5, 5.41) is 4.71. The maximum atomic E-state index is 12.2. The molecule has 0 unspecified atom stereocenters. The van der Waals surface area contributed by atoms with Crippen molar-refractivity contribution in [3.63, 3.8) is 0 Å². The Kier molecular flexibility index (Phi) is 3.28. The molecule has 122 valence electrons. The molecule has 1 N–H and O–H groups in total. The zero-order valence-corrected chi connectivity index (χ0v) is 12.6. The molecule has 0 aliphatic carbocycles. The summed E-state index contributed by atoms with van der Waals surface area (Å²) in [6.07, 6.45) is 0. The second-order valence-corrected chi connectivity index (χ2v) is 5.14. The SMILES string of the molecule is COCc1nn(Cc2nc3c(oc4ccccc43)c(=O)[nH]2)c(=O)o1. The zero-order valence-electron chi connectivity index (χ0n) is 12.6. The number of methoxy groups -OCH3 is 1. The van der Waals surface area contributed by atoms with Gasteiger partial charge >= 0.3 is 5.76 Å². The molecule has 0 saturated carbocycles. The van der Waals surface area contributed by atoms with E-state index in [9.17, 15) is 9.59 Å². The van der Waals surface area contributed by atoms with Gasteiger partial charge in [-0.2, -0.15) is 4.68 Å². The van der Waals surface area contributed by atoms with Crippen LogP contribution in [0.25, 0.3) is 22.1 Å². The Morgan fingerprint density at radius 1 is 1.25 bits per heavy atom. The molecule has 3 aromatic heterocycles. The number of fused-ring (bicyclic) bond motifs is 3. The lowest BCUT2D eigenvalue weighted by Gasteiger charge is -1.99. The summed E-state index contributed by atoms with van der Waals surface area (Å²) in [5.41, 5.74) is 0.744. The lowest BCUT2D eigenvalue weighted by atomic mass is 10.2. The number of ether oxygens (including phenoxy) is 1. The maximum Gasteiger partial charge on any atom is 0.437 e. The third-order valence-corrected chi connectivity index (χ3v) is 3.50. The molecule has 1 aromatic carbocycles. The summed E-state index contributed by atoms with van der Waals surface area (Å²) >= 11 is 0. The molecule has 0 aliphatic rings. The van der Waals surface area contributed by atoms with Gasteiger partial charge in [-0.15, -0.1) is 5.10 Å². The summed E-state index contributed by atoms with van der Waals surface area (Å²) in [6, 6.07) is 7.22. The van der Waals surface area contributed by atoms with E-state index in [1.54, 1.807) is 6.07 Å². The number of H-pyrrole nitrogens is 1. The summed E-state index contributed by atoms with van der Waals surface area (Å²) in [5.74, 6) is -0.222. The fourth-order valence-corrected chi connectivity index (χ4v) is 2.50. The van der Waals surface area contributed by atoms with Crippen LogP contribution in [-0.2, 0) is 17.9 Å². The van der Waals surface area contributed by atoms with Gasteiger partial charge in [0.2, 0.25) is 11.5 Å². The Morgan fingerprint density at radius 2 is 2.08 bits per heavy atom. The van der Waals surface area contributed by atoms with E-state index in [1.165, 1.54) is 7.11 Å². The van der Waals surface area contributed by atoms with E-state index in [0.717, 1.165) is 10.1 Å². The van der Waals surface area contributed by atoms with Gasteiger partial charge in [0.25, 0.3) is 5.56 Å². The Balaban J connectivity index is 1.81. The topological polar surface area (TPSA) is 116 Å². The Morgan fingerprint density at radius 3 is 2.92 bits per heavy atom. The van der Waals surface area contributed by atoms with Crippen molar-refractivity contribution >= 4 is 22.1 Å². The lowest BCUT2D eigenvalue weighted by Crippen LogP contribution is -2.20. The monoisotopic (exact) mass is 328 g/mol. The van der Waals surface area contributed by atoms with Crippen molar-refractivity contribution < 1.29 is 13.6 Å². The van der Waals surface area contributed by atoms with Crippen LogP contribution in [0.3, 0.4) is 0 Å². The van der Waals surface area contributed by atoms with Crippen molar-refractivity contribution in [2.75, 3.05) is 7.11 Å². The summed E-state index contributed by atoms with van der Waals surface area (Å²) in [7, 11) is 1.47. The molecule has 3 heterocycles. The van der Waals surface area contributed by atoms with Crippen molar-refractivity contribution in [3.8, 4) is 0 Å². The predicted molar refractivity (Wildman–Crippen MR) is 82.7 cm³/mol. The predicted octanol–water partition coefficient (Wildman–Crippen LogP) is 1.01. The van der Waals surface area contributed by atoms with E-state index >= 15 is 0 Å². The number of nitrogens with zero attached hydrogens (tertiary/aromatic N) is 3. The number of nitrogens with one attached hydrogen (secondary N) is 1. The van der Waals surface area contributed by atoms with Crippen LogP contribution >= 0.6 is 0 Å². The van der Waals surface area contributed by atoms with Gasteiger partial charge in [0.1, 0.15) is 30.1 Å². The van der Waals surface area contributed by atoms with Crippen LogP contribution in [0.2, 0.25) is 0 Å². The number of rotatable bonds is 4. The Hall–Kier alpha value is -3.20. The van der Waals surface area contributed by atoms with Gasteiger partial charge in [-0.1, -0.05) is 12.1 Å². The molecule has 0 fully saturated rings. The molecule has 0 radical (unpaired) electrons. The maximum absolute atomic E-state index is 12.2.